The molecule has 2 amide bonds. The number of aromatic carboxylic acids is 1. The van der Waals surface area contributed by atoms with Crippen molar-refractivity contribution in [3.63, 3.8) is 0 Å². The third-order valence-corrected chi connectivity index (χ3v) is 2.32. The van der Waals surface area contributed by atoms with Crippen molar-refractivity contribution < 1.29 is 19.8 Å². The summed E-state index contributed by atoms with van der Waals surface area (Å²) in [5.74, 6) is -1.61. The summed E-state index contributed by atoms with van der Waals surface area (Å²) < 4.78 is 0. The largest absolute Gasteiger partial charge is 0.507 e. The van der Waals surface area contributed by atoms with Crippen molar-refractivity contribution in [2.45, 2.75) is 13.3 Å². The zero-order valence-electron chi connectivity index (χ0n) is 10.5. The topological polar surface area (TPSA) is 98.7 Å². The standard InChI is InChI=1S/C13H16N2O4/c1-2-3-4-7-14-13(19)15-9-5-6-10(12(17)18)11(16)8-9/h2-3,5-6,8,16H,4,7H2,1H3,(H,17,18)(H2,14,15,19)/b3-2+. The molecule has 4 N–H and O–H groups in total. The summed E-state index contributed by atoms with van der Waals surface area (Å²) in [7, 11) is 0. The Morgan fingerprint density at radius 3 is 2.68 bits per heavy atom. The van der Waals surface area contributed by atoms with Gasteiger partial charge in [-0.25, -0.2) is 9.59 Å². The molecule has 0 unspecified atom stereocenters. The molecule has 0 aliphatic rings. The minimum absolute atomic E-state index is 0.209. The predicted molar refractivity (Wildman–Crippen MR) is 71.5 cm³/mol. The van der Waals surface area contributed by atoms with Gasteiger partial charge in [0.2, 0.25) is 0 Å². The molecule has 0 saturated heterocycles. The second kappa shape index (κ2) is 7.05. The number of benzene rings is 1. The number of allylic oxidation sites excluding steroid dienone is 1. The Morgan fingerprint density at radius 2 is 2.11 bits per heavy atom. The van der Waals surface area contributed by atoms with Crippen LogP contribution in [0, 0.1) is 0 Å². The summed E-state index contributed by atoms with van der Waals surface area (Å²) in [6, 6.07) is 3.42. The molecule has 0 aliphatic heterocycles. The molecule has 19 heavy (non-hydrogen) atoms. The second-order valence-corrected chi connectivity index (χ2v) is 3.78. The van der Waals surface area contributed by atoms with Gasteiger partial charge in [-0.1, -0.05) is 12.2 Å². The van der Waals surface area contributed by atoms with E-state index in [1.165, 1.54) is 18.2 Å². The number of nitrogens with one attached hydrogen (secondary N) is 2. The first-order valence-electron chi connectivity index (χ1n) is 5.77. The molecule has 0 heterocycles. The van der Waals surface area contributed by atoms with Crippen LogP contribution in [0.5, 0.6) is 5.75 Å². The van der Waals surface area contributed by atoms with Gasteiger partial charge in [-0.05, 0) is 25.5 Å². The molecule has 102 valence electrons. The van der Waals surface area contributed by atoms with Crippen LogP contribution < -0.4 is 10.6 Å². The highest BCUT2D eigenvalue weighted by molar-refractivity contribution is 5.93. The fourth-order valence-electron chi connectivity index (χ4n) is 1.40. The molecular formula is C13H16N2O4. The van der Waals surface area contributed by atoms with E-state index in [-0.39, 0.29) is 11.3 Å². The molecule has 1 aromatic carbocycles. The lowest BCUT2D eigenvalue weighted by molar-refractivity contribution is 0.0694. The number of rotatable bonds is 5. The summed E-state index contributed by atoms with van der Waals surface area (Å²) in [4.78, 5) is 22.2. The highest BCUT2D eigenvalue weighted by atomic mass is 16.4. The number of anilines is 1. The third-order valence-electron chi connectivity index (χ3n) is 2.32. The minimum Gasteiger partial charge on any atom is -0.507 e. The van der Waals surface area contributed by atoms with E-state index in [4.69, 9.17) is 5.11 Å². The summed E-state index contributed by atoms with van der Waals surface area (Å²) in [5.41, 5.74) is 0.116. The van der Waals surface area contributed by atoms with Crippen molar-refractivity contribution >= 4 is 17.7 Å². The Bertz CT molecular complexity index is 497. The van der Waals surface area contributed by atoms with E-state index in [0.29, 0.717) is 12.2 Å². The van der Waals surface area contributed by atoms with Gasteiger partial charge < -0.3 is 20.8 Å². The molecule has 1 aromatic rings. The first kappa shape index (κ1) is 14.6. The average Bonchev–Trinajstić information content (AvgIpc) is 2.34. The van der Waals surface area contributed by atoms with Crippen molar-refractivity contribution in [2.75, 3.05) is 11.9 Å². The molecule has 1 rings (SSSR count). The van der Waals surface area contributed by atoms with E-state index >= 15 is 0 Å². The van der Waals surface area contributed by atoms with Crippen LogP contribution in [-0.2, 0) is 0 Å². The number of carbonyl (C=O) groups is 2. The van der Waals surface area contributed by atoms with Crippen LogP contribution in [0.1, 0.15) is 23.7 Å². The number of carbonyl (C=O) groups excluding carboxylic acids is 1. The molecule has 6 nitrogen and oxygen atoms in total. The Kier molecular flexibility index (Phi) is 5.40. The first-order valence-corrected chi connectivity index (χ1v) is 5.77. The van der Waals surface area contributed by atoms with Gasteiger partial charge in [0.05, 0.1) is 0 Å². The van der Waals surface area contributed by atoms with E-state index < -0.39 is 12.0 Å². The first-order chi connectivity index (χ1) is 9.04. The van der Waals surface area contributed by atoms with Gasteiger partial charge in [-0.2, -0.15) is 0 Å². The molecule has 0 aromatic heterocycles. The molecule has 0 aliphatic carbocycles. The Labute approximate surface area is 110 Å². The number of hydrogen-bond donors (Lipinski definition) is 4. The smallest absolute Gasteiger partial charge is 0.339 e. The monoisotopic (exact) mass is 264 g/mol. The Balaban J connectivity index is 2.55. The van der Waals surface area contributed by atoms with E-state index in [9.17, 15) is 14.7 Å². The van der Waals surface area contributed by atoms with Crippen LogP contribution in [0.25, 0.3) is 0 Å². The molecule has 6 heteroatoms. The lowest BCUT2D eigenvalue weighted by atomic mass is 10.2. The highest BCUT2D eigenvalue weighted by Crippen LogP contribution is 2.21. The molecule has 0 radical (unpaired) electrons. The number of urea groups is 1. The lowest BCUT2D eigenvalue weighted by Crippen LogP contribution is -2.29. The van der Waals surface area contributed by atoms with E-state index in [0.717, 1.165) is 6.42 Å². The zero-order valence-corrected chi connectivity index (χ0v) is 10.5. The third kappa shape index (κ3) is 4.71. The Hall–Kier alpha value is -2.50. The number of amides is 2. The summed E-state index contributed by atoms with van der Waals surface area (Å²) in [6.07, 6.45) is 4.54. The Morgan fingerprint density at radius 1 is 1.37 bits per heavy atom. The van der Waals surface area contributed by atoms with Crippen LogP contribution in [0.2, 0.25) is 0 Å². The van der Waals surface area contributed by atoms with Crippen LogP contribution >= 0.6 is 0 Å². The fourth-order valence-corrected chi connectivity index (χ4v) is 1.40. The van der Waals surface area contributed by atoms with Crippen LogP contribution in [-0.4, -0.2) is 28.8 Å². The normalized spacial score (nSPS) is 10.4. The highest BCUT2D eigenvalue weighted by Gasteiger charge is 2.10. The molecular weight excluding hydrogens is 248 g/mol. The van der Waals surface area contributed by atoms with Crippen molar-refractivity contribution in [1.82, 2.24) is 5.32 Å². The van der Waals surface area contributed by atoms with Crippen molar-refractivity contribution in [1.29, 1.82) is 0 Å². The maximum absolute atomic E-state index is 11.5. The molecule has 0 spiro atoms. The van der Waals surface area contributed by atoms with E-state index in [1.54, 1.807) is 0 Å². The van der Waals surface area contributed by atoms with Crippen molar-refractivity contribution in [3.05, 3.63) is 35.9 Å². The predicted octanol–water partition coefficient (Wildman–Crippen LogP) is 2.18. The number of aromatic hydroxyl groups is 1. The van der Waals surface area contributed by atoms with Gasteiger partial charge in [-0.3, -0.25) is 0 Å². The second-order valence-electron chi connectivity index (χ2n) is 3.78. The van der Waals surface area contributed by atoms with Crippen LogP contribution in [0.3, 0.4) is 0 Å². The number of hydrogen-bond acceptors (Lipinski definition) is 3. The summed E-state index contributed by atoms with van der Waals surface area (Å²) >= 11 is 0. The van der Waals surface area contributed by atoms with Crippen molar-refractivity contribution in [3.8, 4) is 5.75 Å². The van der Waals surface area contributed by atoms with Crippen molar-refractivity contribution in [2.24, 2.45) is 0 Å². The van der Waals surface area contributed by atoms with Gasteiger partial charge in [0.25, 0.3) is 0 Å². The summed E-state index contributed by atoms with van der Waals surface area (Å²) in [6.45, 7) is 2.39. The van der Waals surface area contributed by atoms with Gasteiger partial charge in [0, 0.05) is 18.3 Å². The maximum Gasteiger partial charge on any atom is 0.339 e. The van der Waals surface area contributed by atoms with E-state index in [1.807, 2.05) is 19.1 Å². The quantitative estimate of drug-likeness (QED) is 0.484. The molecule has 0 bridgehead atoms. The molecule has 0 atom stereocenters. The van der Waals surface area contributed by atoms with Crippen LogP contribution in [0.4, 0.5) is 10.5 Å². The molecule has 0 fully saturated rings. The fraction of sp³-hybridized carbons (Fsp3) is 0.231. The van der Waals surface area contributed by atoms with Crippen LogP contribution in [0.15, 0.2) is 30.4 Å². The molecule has 0 saturated carbocycles. The van der Waals surface area contributed by atoms with E-state index in [2.05, 4.69) is 10.6 Å². The maximum atomic E-state index is 11.5. The minimum atomic E-state index is -1.22. The zero-order chi connectivity index (χ0) is 14.3. The van der Waals surface area contributed by atoms with Gasteiger partial charge >= 0.3 is 12.0 Å². The lowest BCUT2D eigenvalue weighted by Gasteiger charge is -2.08. The van der Waals surface area contributed by atoms with Gasteiger partial charge in [0.15, 0.2) is 0 Å². The van der Waals surface area contributed by atoms with Gasteiger partial charge in [0.1, 0.15) is 11.3 Å². The number of phenols is 1. The average molecular weight is 264 g/mol. The SMILES string of the molecule is C/C=C/CCNC(=O)Nc1ccc(C(=O)O)c(O)c1. The number of carboxylic acids is 1. The summed E-state index contributed by atoms with van der Waals surface area (Å²) in [5, 5.41) is 23.3. The number of carboxylic acid groups (broad SMARTS) is 1. The van der Waals surface area contributed by atoms with Gasteiger partial charge in [-0.15, -0.1) is 0 Å².